The number of fused-ring (bicyclic) bond motifs is 1. The van der Waals surface area contributed by atoms with E-state index in [1.165, 1.54) is 13.1 Å². The molecule has 2 N–H and O–H groups in total. The van der Waals surface area contributed by atoms with Gasteiger partial charge in [-0.2, -0.15) is 5.10 Å². The largest absolute Gasteiger partial charge is 0.336 e. The molecule has 12 heteroatoms. The van der Waals surface area contributed by atoms with E-state index in [2.05, 4.69) is 30.7 Å². The molecule has 11 nitrogen and oxygen atoms in total. The first-order chi connectivity index (χ1) is 14.2. The first-order valence-corrected chi connectivity index (χ1v) is 10.7. The maximum Gasteiger partial charge on any atom is 0.222 e. The average molecular weight is 426 g/mol. The molecule has 0 radical (unpaired) electrons. The molecule has 4 rings (SSSR count). The van der Waals surface area contributed by atoms with E-state index in [0.29, 0.717) is 28.4 Å². The Morgan fingerprint density at radius 1 is 1.20 bits per heavy atom. The summed E-state index contributed by atoms with van der Waals surface area (Å²) >= 11 is 0. The minimum Gasteiger partial charge on any atom is -0.336 e. The minimum absolute atomic E-state index is 0.106. The SMILES string of the molecule is CC(=O)Nc1cc(Nc2nc(S(C)(=O)=O)cn3ccnc23)c(-c2ccn(C)n2)cn1. The standard InChI is InChI=1S/C18H18N8O3S/c1-11(27)21-15-8-14(12(9-20-15)13-4-6-25(2)24-13)22-17-18-19-5-7-26(18)10-16(23-17)30(3,28)29/h4-10H,1-3H3,(H2,20,21,22,23,27). The van der Waals surface area contributed by atoms with E-state index in [-0.39, 0.29) is 16.8 Å². The summed E-state index contributed by atoms with van der Waals surface area (Å²) in [5, 5.41) is 10.1. The first-order valence-electron chi connectivity index (χ1n) is 8.79. The van der Waals surface area contributed by atoms with E-state index in [0.717, 1.165) is 6.26 Å². The predicted octanol–water partition coefficient (Wildman–Crippen LogP) is 1.63. The summed E-state index contributed by atoms with van der Waals surface area (Å²) in [6, 6.07) is 3.44. The van der Waals surface area contributed by atoms with Crippen LogP contribution < -0.4 is 10.6 Å². The molecule has 0 aliphatic heterocycles. The van der Waals surface area contributed by atoms with Gasteiger partial charge in [0.2, 0.25) is 5.91 Å². The third kappa shape index (κ3) is 3.85. The van der Waals surface area contributed by atoms with E-state index in [1.807, 2.05) is 6.07 Å². The van der Waals surface area contributed by atoms with Crippen molar-refractivity contribution < 1.29 is 13.2 Å². The molecule has 4 aromatic rings. The van der Waals surface area contributed by atoms with Crippen LogP contribution in [0.15, 0.2) is 48.1 Å². The van der Waals surface area contributed by atoms with E-state index < -0.39 is 9.84 Å². The van der Waals surface area contributed by atoms with Gasteiger partial charge in [-0.25, -0.2) is 23.4 Å². The van der Waals surface area contributed by atoms with Crippen molar-refractivity contribution >= 4 is 38.7 Å². The molecule has 0 aliphatic carbocycles. The highest BCUT2D eigenvalue weighted by atomic mass is 32.2. The zero-order valence-electron chi connectivity index (χ0n) is 16.4. The number of nitrogens with zero attached hydrogens (tertiary/aromatic N) is 6. The molecule has 0 spiro atoms. The van der Waals surface area contributed by atoms with Gasteiger partial charge in [0.25, 0.3) is 0 Å². The highest BCUT2D eigenvalue weighted by Gasteiger charge is 2.17. The zero-order valence-corrected chi connectivity index (χ0v) is 17.2. The number of pyridine rings is 1. The fourth-order valence-corrected chi connectivity index (χ4v) is 3.43. The summed E-state index contributed by atoms with van der Waals surface area (Å²) in [5.41, 5.74) is 2.24. The molecule has 0 aromatic carbocycles. The Morgan fingerprint density at radius 2 is 2.00 bits per heavy atom. The van der Waals surface area contributed by atoms with E-state index >= 15 is 0 Å². The number of hydrogen-bond donors (Lipinski definition) is 2. The minimum atomic E-state index is -3.55. The van der Waals surface area contributed by atoms with E-state index in [4.69, 9.17) is 0 Å². The third-order valence-electron chi connectivity index (χ3n) is 4.18. The van der Waals surface area contributed by atoms with Crippen molar-refractivity contribution in [1.82, 2.24) is 29.1 Å². The Hall–Kier alpha value is -3.80. The molecular weight excluding hydrogens is 408 g/mol. The van der Waals surface area contributed by atoms with Gasteiger partial charge in [-0.1, -0.05) is 0 Å². The molecule has 4 aromatic heterocycles. The molecule has 4 heterocycles. The smallest absolute Gasteiger partial charge is 0.222 e. The molecule has 0 saturated carbocycles. The van der Waals surface area contributed by atoms with Gasteiger partial charge in [-0.15, -0.1) is 0 Å². The molecule has 30 heavy (non-hydrogen) atoms. The topological polar surface area (TPSA) is 136 Å². The molecular formula is C18H18N8O3S. The Balaban J connectivity index is 1.87. The molecule has 154 valence electrons. The van der Waals surface area contributed by atoms with Crippen molar-refractivity contribution in [2.75, 3.05) is 16.9 Å². The number of anilines is 3. The van der Waals surface area contributed by atoms with Crippen LogP contribution in [0.2, 0.25) is 0 Å². The number of aromatic nitrogens is 6. The summed E-state index contributed by atoms with van der Waals surface area (Å²) in [4.78, 5) is 24.2. The van der Waals surface area contributed by atoms with Crippen molar-refractivity contribution in [3.05, 3.63) is 43.1 Å². The molecule has 0 fully saturated rings. The van der Waals surface area contributed by atoms with Crippen LogP contribution in [0.25, 0.3) is 16.9 Å². The normalized spacial score (nSPS) is 11.6. The van der Waals surface area contributed by atoms with Gasteiger partial charge in [-0.05, 0) is 6.07 Å². The van der Waals surface area contributed by atoms with Crippen molar-refractivity contribution in [3.8, 4) is 11.3 Å². The van der Waals surface area contributed by atoms with Crippen molar-refractivity contribution in [2.24, 2.45) is 7.05 Å². The van der Waals surface area contributed by atoms with Gasteiger partial charge in [0.05, 0.1) is 11.4 Å². The quantitative estimate of drug-likeness (QED) is 0.491. The van der Waals surface area contributed by atoms with Crippen LogP contribution in [0.5, 0.6) is 0 Å². The Morgan fingerprint density at radius 3 is 2.67 bits per heavy atom. The highest BCUT2D eigenvalue weighted by Crippen LogP contribution is 2.31. The van der Waals surface area contributed by atoms with Crippen LogP contribution in [0.4, 0.5) is 17.3 Å². The van der Waals surface area contributed by atoms with E-state index in [1.54, 1.807) is 47.0 Å². The molecule has 0 atom stereocenters. The lowest BCUT2D eigenvalue weighted by molar-refractivity contribution is -0.114. The van der Waals surface area contributed by atoms with Crippen molar-refractivity contribution in [3.63, 3.8) is 0 Å². The Bertz CT molecular complexity index is 1370. The molecule has 0 aliphatic rings. The summed E-state index contributed by atoms with van der Waals surface area (Å²) < 4.78 is 27.4. The fraction of sp³-hybridized carbons (Fsp3) is 0.167. The fourth-order valence-electron chi connectivity index (χ4n) is 2.87. The second kappa shape index (κ2) is 7.22. The van der Waals surface area contributed by atoms with Crippen LogP contribution in [0.3, 0.4) is 0 Å². The first kappa shape index (κ1) is 19.5. The van der Waals surface area contributed by atoms with Gasteiger partial charge < -0.3 is 15.0 Å². The van der Waals surface area contributed by atoms with Crippen LogP contribution in [-0.2, 0) is 21.7 Å². The molecule has 0 saturated heterocycles. The number of carbonyl (C=O) groups excluding carboxylic acids is 1. The number of imidazole rings is 1. The maximum absolute atomic E-state index is 12.1. The van der Waals surface area contributed by atoms with Gasteiger partial charge in [0, 0.05) is 62.8 Å². The maximum atomic E-state index is 12.1. The zero-order chi connectivity index (χ0) is 21.5. The second-order valence-electron chi connectivity index (χ2n) is 6.65. The van der Waals surface area contributed by atoms with Gasteiger partial charge >= 0.3 is 0 Å². The van der Waals surface area contributed by atoms with Crippen LogP contribution >= 0.6 is 0 Å². The predicted molar refractivity (Wildman–Crippen MR) is 110 cm³/mol. The van der Waals surface area contributed by atoms with Gasteiger partial charge in [0.1, 0.15) is 5.82 Å². The number of aryl methyl sites for hydroxylation is 1. The van der Waals surface area contributed by atoms with Gasteiger partial charge in [0.15, 0.2) is 26.3 Å². The highest BCUT2D eigenvalue weighted by molar-refractivity contribution is 7.90. The molecule has 0 unspecified atom stereocenters. The third-order valence-corrected chi connectivity index (χ3v) is 5.14. The number of rotatable bonds is 5. The molecule has 0 bridgehead atoms. The van der Waals surface area contributed by atoms with Crippen LogP contribution in [0.1, 0.15) is 6.92 Å². The number of nitrogens with one attached hydrogen (secondary N) is 2. The monoisotopic (exact) mass is 426 g/mol. The average Bonchev–Trinajstić information content (AvgIpc) is 3.29. The van der Waals surface area contributed by atoms with Gasteiger partial charge in [-0.3, -0.25) is 9.48 Å². The summed E-state index contributed by atoms with van der Waals surface area (Å²) in [7, 11) is -1.76. The number of carbonyl (C=O) groups is 1. The van der Waals surface area contributed by atoms with Crippen molar-refractivity contribution in [1.29, 1.82) is 0 Å². The summed E-state index contributed by atoms with van der Waals surface area (Å²) in [5.74, 6) is 0.287. The van der Waals surface area contributed by atoms with Crippen LogP contribution in [0, 0.1) is 0 Å². The Labute approximate surface area is 171 Å². The summed E-state index contributed by atoms with van der Waals surface area (Å²) in [6.07, 6.45) is 9.02. The second-order valence-corrected chi connectivity index (χ2v) is 8.62. The number of amides is 1. The number of hydrogen-bond acceptors (Lipinski definition) is 8. The summed E-state index contributed by atoms with van der Waals surface area (Å²) in [6.45, 7) is 1.38. The lowest BCUT2D eigenvalue weighted by Gasteiger charge is -2.13. The van der Waals surface area contributed by atoms with Crippen molar-refractivity contribution in [2.45, 2.75) is 11.9 Å². The Kier molecular flexibility index (Phi) is 4.70. The lowest BCUT2D eigenvalue weighted by Crippen LogP contribution is -2.09. The van der Waals surface area contributed by atoms with Crippen LogP contribution in [-0.4, -0.2) is 49.7 Å². The lowest BCUT2D eigenvalue weighted by atomic mass is 10.1. The number of sulfone groups is 1. The van der Waals surface area contributed by atoms with E-state index in [9.17, 15) is 13.2 Å². The molecule has 1 amide bonds.